The molecule has 1 atom stereocenters. The molecular weight excluding hydrogens is 190 g/mol. The molecule has 0 bridgehead atoms. The molecule has 15 heavy (non-hydrogen) atoms. The summed E-state index contributed by atoms with van der Waals surface area (Å²) in [7, 11) is 0. The number of hydrogen-bond acceptors (Lipinski definition) is 3. The minimum absolute atomic E-state index is 0.192. The van der Waals surface area contributed by atoms with Crippen molar-refractivity contribution in [3.05, 3.63) is 29.3 Å². The van der Waals surface area contributed by atoms with Crippen LogP contribution in [0.3, 0.4) is 0 Å². The molecule has 0 saturated carbocycles. The monoisotopic (exact) mass is 209 g/mol. The third-order valence-corrected chi connectivity index (χ3v) is 2.31. The molecule has 3 heteroatoms. The SMILES string of the molecule is Cc1ccc(OCC(C)(O)CN)c(C)c1. The summed E-state index contributed by atoms with van der Waals surface area (Å²) in [4.78, 5) is 0. The molecule has 1 rings (SSSR count). The molecule has 0 spiro atoms. The second-order valence-corrected chi connectivity index (χ2v) is 4.26. The Balaban J connectivity index is 2.66. The van der Waals surface area contributed by atoms with Gasteiger partial charge >= 0.3 is 0 Å². The summed E-state index contributed by atoms with van der Waals surface area (Å²) in [6.45, 7) is 6.09. The number of hydrogen-bond donors (Lipinski definition) is 2. The van der Waals surface area contributed by atoms with Crippen LogP contribution in [-0.2, 0) is 0 Å². The van der Waals surface area contributed by atoms with Gasteiger partial charge in [-0.25, -0.2) is 0 Å². The predicted molar refractivity (Wildman–Crippen MR) is 61.1 cm³/mol. The van der Waals surface area contributed by atoms with Crippen molar-refractivity contribution < 1.29 is 9.84 Å². The number of aliphatic hydroxyl groups is 1. The van der Waals surface area contributed by atoms with Crippen molar-refractivity contribution in [3.8, 4) is 5.75 Å². The molecule has 0 fully saturated rings. The normalized spacial score (nSPS) is 14.7. The minimum atomic E-state index is -0.961. The van der Waals surface area contributed by atoms with Crippen molar-refractivity contribution >= 4 is 0 Å². The fraction of sp³-hybridized carbons (Fsp3) is 0.500. The van der Waals surface area contributed by atoms with Gasteiger partial charge in [0.05, 0.1) is 0 Å². The lowest BCUT2D eigenvalue weighted by atomic mass is 10.1. The molecule has 1 aromatic carbocycles. The van der Waals surface area contributed by atoms with E-state index in [0.29, 0.717) is 0 Å². The van der Waals surface area contributed by atoms with Crippen LogP contribution in [0, 0.1) is 13.8 Å². The van der Waals surface area contributed by atoms with Crippen molar-refractivity contribution in [3.63, 3.8) is 0 Å². The lowest BCUT2D eigenvalue weighted by Crippen LogP contribution is -2.40. The van der Waals surface area contributed by atoms with Gasteiger partial charge in [-0.3, -0.25) is 0 Å². The first kappa shape index (κ1) is 12.0. The second-order valence-electron chi connectivity index (χ2n) is 4.26. The molecule has 0 aliphatic heterocycles. The van der Waals surface area contributed by atoms with E-state index in [2.05, 4.69) is 0 Å². The second kappa shape index (κ2) is 4.64. The van der Waals surface area contributed by atoms with E-state index >= 15 is 0 Å². The van der Waals surface area contributed by atoms with Gasteiger partial charge in [-0.15, -0.1) is 0 Å². The van der Waals surface area contributed by atoms with E-state index in [-0.39, 0.29) is 13.2 Å². The lowest BCUT2D eigenvalue weighted by molar-refractivity contribution is 0.0193. The van der Waals surface area contributed by atoms with E-state index in [1.165, 1.54) is 5.56 Å². The first-order valence-electron chi connectivity index (χ1n) is 5.07. The maximum Gasteiger partial charge on any atom is 0.122 e. The lowest BCUT2D eigenvalue weighted by Gasteiger charge is -2.22. The van der Waals surface area contributed by atoms with Gasteiger partial charge in [0.1, 0.15) is 18.0 Å². The number of ether oxygens (including phenoxy) is 1. The maximum atomic E-state index is 9.68. The first-order valence-corrected chi connectivity index (χ1v) is 5.07. The summed E-state index contributed by atoms with van der Waals surface area (Å²) in [6, 6.07) is 5.95. The highest BCUT2D eigenvalue weighted by Crippen LogP contribution is 2.19. The third kappa shape index (κ3) is 3.53. The zero-order valence-corrected chi connectivity index (χ0v) is 9.58. The standard InChI is InChI=1S/C12H19NO2/c1-9-4-5-11(10(2)6-9)15-8-12(3,14)7-13/h4-6,14H,7-8,13H2,1-3H3. The Morgan fingerprint density at radius 3 is 2.60 bits per heavy atom. The molecular formula is C12H19NO2. The van der Waals surface area contributed by atoms with E-state index in [1.54, 1.807) is 6.92 Å². The fourth-order valence-corrected chi connectivity index (χ4v) is 1.25. The summed E-state index contributed by atoms with van der Waals surface area (Å²) in [5.74, 6) is 0.800. The Morgan fingerprint density at radius 2 is 2.07 bits per heavy atom. The maximum absolute atomic E-state index is 9.68. The Hall–Kier alpha value is -1.06. The van der Waals surface area contributed by atoms with E-state index in [1.807, 2.05) is 32.0 Å². The Labute approximate surface area is 90.9 Å². The molecule has 0 aromatic heterocycles. The highest BCUT2D eigenvalue weighted by molar-refractivity contribution is 5.35. The van der Waals surface area contributed by atoms with Crippen molar-refractivity contribution in [2.45, 2.75) is 26.4 Å². The predicted octanol–water partition coefficient (Wildman–Crippen LogP) is 1.39. The van der Waals surface area contributed by atoms with E-state index in [0.717, 1.165) is 11.3 Å². The van der Waals surface area contributed by atoms with Crippen molar-refractivity contribution in [1.29, 1.82) is 0 Å². The summed E-state index contributed by atoms with van der Waals surface area (Å²) < 4.78 is 5.52. The summed E-state index contributed by atoms with van der Waals surface area (Å²) in [5, 5.41) is 9.68. The molecule has 0 aliphatic carbocycles. The third-order valence-electron chi connectivity index (χ3n) is 2.31. The highest BCUT2D eigenvalue weighted by Gasteiger charge is 2.19. The molecule has 1 unspecified atom stereocenters. The van der Waals surface area contributed by atoms with Crippen LogP contribution >= 0.6 is 0 Å². The van der Waals surface area contributed by atoms with Gasteiger partial charge in [-0.2, -0.15) is 0 Å². The quantitative estimate of drug-likeness (QED) is 0.788. The zero-order chi connectivity index (χ0) is 11.5. The highest BCUT2D eigenvalue weighted by atomic mass is 16.5. The van der Waals surface area contributed by atoms with Crippen molar-refractivity contribution in [1.82, 2.24) is 0 Å². The largest absolute Gasteiger partial charge is 0.490 e. The van der Waals surface area contributed by atoms with Gasteiger partial charge in [0.2, 0.25) is 0 Å². The van der Waals surface area contributed by atoms with E-state index < -0.39 is 5.60 Å². The molecule has 3 N–H and O–H groups in total. The zero-order valence-electron chi connectivity index (χ0n) is 9.58. The van der Waals surface area contributed by atoms with Crippen LogP contribution in [0.4, 0.5) is 0 Å². The Kier molecular flexibility index (Phi) is 3.72. The average Bonchev–Trinajstić information content (AvgIpc) is 2.16. The van der Waals surface area contributed by atoms with Gasteiger partial charge < -0.3 is 15.6 Å². The number of benzene rings is 1. The Morgan fingerprint density at radius 1 is 1.40 bits per heavy atom. The van der Waals surface area contributed by atoms with Crippen LogP contribution in [0.1, 0.15) is 18.1 Å². The van der Waals surface area contributed by atoms with Crippen LogP contribution in [0.15, 0.2) is 18.2 Å². The van der Waals surface area contributed by atoms with Gasteiger partial charge in [-0.05, 0) is 32.4 Å². The number of nitrogens with two attached hydrogens (primary N) is 1. The minimum Gasteiger partial charge on any atom is -0.490 e. The first-order chi connectivity index (χ1) is 6.94. The molecule has 0 aliphatic rings. The smallest absolute Gasteiger partial charge is 0.122 e. The molecule has 0 saturated heterocycles. The van der Waals surface area contributed by atoms with Crippen LogP contribution in [0.5, 0.6) is 5.75 Å². The van der Waals surface area contributed by atoms with E-state index in [9.17, 15) is 5.11 Å². The number of aryl methyl sites for hydroxylation is 2. The Bertz CT molecular complexity index is 334. The van der Waals surface area contributed by atoms with Gasteiger partial charge in [0.15, 0.2) is 0 Å². The molecule has 0 amide bonds. The molecule has 0 heterocycles. The van der Waals surface area contributed by atoms with E-state index in [4.69, 9.17) is 10.5 Å². The van der Waals surface area contributed by atoms with Crippen molar-refractivity contribution in [2.24, 2.45) is 5.73 Å². The van der Waals surface area contributed by atoms with Crippen LogP contribution in [0.25, 0.3) is 0 Å². The topological polar surface area (TPSA) is 55.5 Å². The summed E-state index contributed by atoms with van der Waals surface area (Å²) >= 11 is 0. The average molecular weight is 209 g/mol. The molecule has 1 aromatic rings. The fourth-order valence-electron chi connectivity index (χ4n) is 1.25. The van der Waals surface area contributed by atoms with Crippen LogP contribution in [-0.4, -0.2) is 23.9 Å². The van der Waals surface area contributed by atoms with Crippen LogP contribution < -0.4 is 10.5 Å². The summed E-state index contributed by atoms with van der Waals surface area (Å²) in [6.07, 6.45) is 0. The van der Waals surface area contributed by atoms with Gasteiger partial charge in [0, 0.05) is 6.54 Å². The molecule has 3 nitrogen and oxygen atoms in total. The van der Waals surface area contributed by atoms with Crippen LogP contribution in [0.2, 0.25) is 0 Å². The molecule has 84 valence electrons. The van der Waals surface area contributed by atoms with Gasteiger partial charge in [-0.1, -0.05) is 17.7 Å². The summed E-state index contributed by atoms with van der Waals surface area (Å²) in [5.41, 5.74) is 6.71. The molecule has 0 radical (unpaired) electrons. The van der Waals surface area contributed by atoms with Crippen molar-refractivity contribution in [2.75, 3.05) is 13.2 Å². The van der Waals surface area contributed by atoms with Gasteiger partial charge in [0.25, 0.3) is 0 Å². The number of rotatable bonds is 4.